The first-order chi connectivity index (χ1) is 12.8. The van der Waals surface area contributed by atoms with Crippen molar-refractivity contribution in [1.82, 2.24) is 9.78 Å². The molecule has 2 aromatic carbocycles. The number of primary sulfonamides is 1. The second-order valence-electron chi connectivity index (χ2n) is 5.90. The number of carbonyl (C=O) groups is 1. The van der Waals surface area contributed by atoms with Crippen LogP contribution >= 0.6 is 0 Å². The first-order valence-corrected chi connectivity index (χ1v) is 9.82. The first kappa shape index (κ1) is 18.8. The van der Waals surface area contributed by atoms with Crippen molar-refractivity contribution in [1.29, 1.82) is 0 Å². The maximum absolute atomic E-state index is 12.1. The molecule has 0 aliphatic rings. The second kappa shape index (κ2) is 7.34. The van der Waals surface area contributed by atoms with Crippen LogP contribution < -0.4 is 5.14 Å². The third kappa shape index (κ3) is 3.91. The number of aromatic nitrogens is 2. The van der Waals surface area contributed by atoms with E-state index in [-0.39, 0.29) is 17.2 Å². The van der Waals surface area contributed by atoms with E-state index in [1.807, 2.05) is 31.2 Å². The van der Waals surface area contributed by atoms with Crippen LogP contribution in [0.5, 0.6) is 0 Å². The lowest BCUT2D eigenvalue weighted by Gasteiger charge is -2.10. The molecule has 0 unspecified atom stereocenters. The van der Waals surface area contributed by atoms with Gasteiger partial charge in [0.1, 0.15) is 0 Å². The number of nitrogens with two attached hydrogens (primary N) is 1. The van der Waals surface area contributed by atoms with E-state index in [1.54, 1.807) is 29.8 Å². The number of carbonyl (C=O) groups excluding carboxylic acids is 1. The van der Waals surface area contributed by atoms with Crippen LogP contribution in [0.25, 0.3) is 16.9 Å². The van der Waals surface area contributed by atoms with Gasteiger partial charge in [0.05, 0.1) is 22.9 Å². The summed E-state index contributed by atoms with van der Waals surface area (Å²) in [4.78, 5) is 12.2. The molecule has 0 atom stereocenters. The molecule has 0 saturated heterocycles. The van der Waals surface area contributed by atoms with Crippen molar-refractivity contribution in [2.75, 3.05) is 6.61 Å². The Morgan fingerprint density at radius 2 is 1.81 bits per heavy atom. The van der Waals surface area contributed by atoms with Crippen LogP contribution in [-0.4, -0.2) is 30.8 Å². The lowest BCUT2D eigenvalue weighted by Crippen LogP contribution is -2.12. The molecule has 7 nitrogen and oxygen atoms in total. The minimum absolute atomic E-state index is 0.00136. The average Bonchev–Trinajstić information content (AvgIpc) is 3.07. The van der Waals surface area contributed by atoms with E-state index in [4.69, 9.17) is 9.88 Å². The molecule has 140 valence electrons. The molecule has 0 aliphatic carbocycles. The predicted molar refractivity (Wildman–Crippen MR) is 101 cm³/mol. The first-order valence-electron chi connectivity index (χ1n) is 8.27. The minimum atomic E-state index is -3.79. The predicted octanol–water partition coefficient (Wildman–Crippen LogP) is 2.67. The van der Waals surface area contributed by atoms with Gasteiger partial charge in [-0.1, -0.05) is 24.3 Å². The Labute approximate surface area is 157 Å². The van der Waals surface area contributed by atoms with Gasteiger partial charge in [-0.2, -0.15) is 5.10 Å². The Hall–Kier alpha value is -2.97. The molecular weight excluding hydrogens is 366 g/mol. The minimum Gasteiger partial charge on any atom is -0.461 e. The van der Waals surface area contributed by atoms with E-state index in [1.165, 1.54) is 12.1 Å². The Kier molecular flexibility index (Phi) is 5.11. The Balaban J connectivity index is 2.16. The van der Waals surface area contributed by atoms with E-state index in [0.717, 1.165) is 11.1 Å². The zero-order chi connectivity index (χ0) is 19.6. The number of nitrogens with zero attached hydrogens (tertiary/aromatic N) is 2. The Bertz CT molecular complexity index is 1090. The number of rotatable bonds is 5. The lowest BCUT2D eigenvalue weighted by molar-refractivity contribution is 0.0519. The summed E-state index contributed by atoms with van der Waals surface area (Å²) in [5.74, 6) is -0.521. The van der Waals surface area contributed by atoms with Crippen molar-refractivity contribution in [2.45, 2.75) is 18.7 Å². The van der Waals surface area contributed by atoms with Gasteiger partial charge in [0.2, 0.25) is 10.0 Å². The van der Waals surface area contributed by atoms with E-state index < -0.39 is 16.0 Å². The quantitative estimate of drug-likeness (QED) is 0.680. The third-order valence-corrected chi connectivity index (χ3v) is 4.95. The van der Waals surface area contributed by atoms with Gasteiger partial charge in [0, 0.05) is 5.56 Å². The highest BCUT2D eigenvalue weighted by Gasteiger charge is 2.19. The van der Waals surface area contributed by atoms with Gasteiger partial charge in [-0.3, -0.25) is 0 Å². The number of benzene rings is 2. The summed E-state index contributed by atoms with van der Waals surface area (Å²) in [6.45, 7) is 3.93. The number of ether oxygens (including phenoxy) is 1. The normalized spacial score (nSPS) is 11.4. The smallest absolute Gasteiger partial charge is 0.358 e. The van der Waals surface area contributed by atoms with Gasteiger partial charge in [0.25, 0.3) is 0 Å². The number of esters is 1. The molecule has 1 heterocycles. The number of aryl methyl sites for hydroxylation is 1. The molecule has 0 aliphatic heterocycles. The zero-order valence-electron chi connectivity index (χ0n) is 14.9. The molecule has 3 rings (SSSR count). The fraction of sp³-hybridized carbons (Fsp3) is 0.158. The maximum Gasteiger partial charge on any atom is 0.358 e. The van der Waals surface area contributed by atoms with E-state index in [2.05, 4.69) is 5.10 Å². The standard InChI is InChI=1S/C19H19N3O4S/c1-3-26-19(23)17-12-18(16-7-5-4-6-13(16)2)22(21-17)14-8-10-15(11-9-14)27(20,24)25/h4-12H,3H2,1-2H3,(H2,20,24,25). The molecule has 0 bridgehead atoms. The van der Waals surface area contributed by atoms with Gasteiger partial charge in [-0.05, 0) is 49.7 Å². The largest absolute Gasteiger partial charge is 0.461 e. The highest BCUT2D eigenvalue weighted by molar-refractivity contribution is 7.89. The fourth-order valence-corrected chi connectivity index (χ4v) is 3.23. The van der Waals surface area contributed by atoms with Crippen LogP contribution in [0, 0.1) is 6.92 Å². The topological polar surface area (TPSA) is 104 Å². The molecule has 0 spiro atoms. The van der Waals surface area contributed by atoms with Gasteiger partial charge in [-0.25, -0.2) is 23.0 Å². The lowest BCUT2D eigenvalue weighted by atomic mass is 10.1. The number of hydrogen-bond donors (Lipinski definition) is 1. The number of sulfonamides is 1. The molecule has 0 fully saturated rings. The molecule has 0 amide bonds. The number of hydrogen-bond acceptors (Lipinski definition) is 5. The van der Waals surface area contributed by atoms with Crippen LogP contribution in [0.3, 0.4) is 0 Å². The second-order valence-corrected chi connectivity index (χ2v) is 7.46. The van der Waals surface area contributed by atoms with Crippen molar-refractivity contribution in [2.24, 2.45) is 5.14 Å². The molecule has 1 aromatic heterocycles. The average molecular weight is 385 g/mol. The summed E-state index contributed by atoms with van der Waals surface area (Å²) in [7, 11) is -3.79. The van der Waals surface area contributed by atoms with Crippen LogP contribution in [0.15, 0.2) is 59.5 Å². The summed E-state index contributed by atoms with van der Waals surface area (Å²) >= 11 is 0. The summed E-state index contributed by atoms with van der Waals surface area (Å²) < 4.78 is 29.6. The van der Waals surface area contributed by atoms with Gasteiger partial charge >= 0.3 is 5.97 Å². The van der Waals surface area contributed by atoms with Crippen molar-refractivity contribution in [3.05, 3.63) is 65.9 Å². The molecule has 2 N–H and O–H groups in total. The SMILES string of the molecule is CCOC(=O)c1cc(-c2ccccc2C)n(-c2ccc(S(N)(=O)=O)cc2)n1. The fourth-order valence-electron chi connectivity index (χ4n) is 2.71. The Morgan fingerprint density at radius 1 is 1.15 bits per heavy atom. The summed E-state index contributed by atoms with van der Waals surface area (Å²) in [6.07, 6.45) is 0. The summed E-state index contributed by atoms with van der Waals surface area (Å²) in [5, 5.41) is 9.52. The van der Waals surface area contributed by atoms with Crippen molar-refractivity contribution in [3.8, 4) is 16.9 Å². The van der Waals surface area contributed by atoms with Crippen LogP contribution in [-0.2, 0) is 14.8 Å². The van der Waals surface area contributed by atoms with Gasteiger partial charge < -0.3 is 4.74 Å². The summed E-state index contributed by atoms with van der Waals surface area (Å²) in [5.41, 5.74) is 3.37. The highest BCUT2D eigenvalue weighted by Crippen LogP contribution is 2.27. The molecule has 0 radical (unpaired) electrons. The Morgan fingerprint density at radius 3 is 2.41 bits per heavy atom. The van der Waals surface area contributed by atoms with Crippen molar-refractivity contribution in [3.63, 3.8) is 0 Å². The molecule has 0 saturated carbocycles. The monoisotopic (exact) mass is 385 g/mol. The zero-order valence-corrected chi connectivity index (χ0v) is 15.7. The van der Waals surface area contributed by atoms with Crippen molar-refractivity contribution >= 4 is 16.0 Å². The maximum atomic E-state index is 12.1. The van der Waals surface area contributed by atoms with Crippen LogP contribution in [0.2, 0.25) is 0 Å². The van der Waals surface area contributed by atoms with Crippen LogP contribution in [0.1, 0.15) is 23.0 Å². The molecule has 3 aromatic rings. The van der Waals surface area contributed by atoms with Crippen LogP contribution in [0.4, 0.5) is 0 Å². The van der Waals surface area contributed by atoms with E-state index in [0.29, 0.717) is 11.4 Å². The third-order valence-electron chi connectivity index (χ3n) is 4.02. The van der Waals surface area contributed by atoms with E-state index >= 15 is 0 Å². The summed E-state index contributed by atoms with van der Waals surface area (Å²) in [6, 6.07) is 15.3. The molecule has 27 heavy (non-hydrogen) atoms. The molecular formula is C19H19N3O4S. The molecule has 8 heteroatoms. The van der Waals surface area contributed by atoms with Crippen molar-refractivity contribution < 1.29 is 17.9 Å². The highest BCUT2D eigenvalue weighted by atomic mass is 32.2. The van der Waals surface area contributed by atoms with E-state index in [9.17, 15) is 13.2 Å². The van der Waals surface area contributed by atoms with Gasteiger partial charge in [-0.15, -0.1) is 0 Å². The van der Waals surface area contributed by atoms with Gasteiger partial charge in [0.15, 0.2) is 5.69 Å².